The van der Waals surface area contributed by atoms with Crippen molar-refractivity contribution in [1.82, 2.24) is 4.90 Å². The average Bonchev–Trinajstić information content (AvgIpc) is 2.31. The molecule has 13 heavy (non-hydrogen) atoms. The van der Waals surface area contributed by atoms with Crippen LogP contribution >= 0.6 is 0 Å². The van der Waals surface area contributed by atoms with Crippen molar-refractivity contribution >= 4 is 6.09 Å². The Hall–Kier alpha value is -0.770. The fourth-order valence-electron chi connectivity index (χ4n) is 1.50. The second-order valence-electron chi connectivity index (χ2n) is 4.37. The van der Waals surface area contributed by atoms with E-state index in [0.29, 0.717) is 13.1 Å². The molecular formula is C9H17NO3. The Morgan fingerprint density at radius 1 is 1.54 bits per heavy atom. The van der Waals surface area contributed by atoms with Crippen LogP contribution in [0.4, 0.5) is 4.79 Å². The van der Waals surface area contributed by atoms with Crippen molar-refractivity contribution in [2.75, 3.05) is 13.1 Å². The van der Waals surface area contributed by atoms with Gasteiger partial charge >= 0.3 is 6.09 Å². The standard InChI is InChI=1S/C9H17NO3/c1-9(2,3)13-7-4-5-10(6-7)8(11)12/h7H,4-6H2,1-3H3,(H,11,12). The van der Waals surface area contributed by atoms with Gasteiger partial charge in [-0.2, -0.15) is 0 Å². The lowest BCUT2D eigenvalue weighted by Gasteiger charge is -2.24. The molecule has 0 aromatic rings. The highest BCUT2D eigenvalue weighted by atomic mass is 16.5. The molecule has 0 aromatic heterocycles. The first-order chi connectivity index (χ1) is 5.88. The van der Waals surface area contributed by atoms with Gasteiger partial charge in [-0.15, -0.1) is 0 Å². The summed E-state index contributed by atoms with van der Waals surface area (Å²) in [7, 11) is 0. The number of amides is 1. The SMILES string of the molecule is CC(C)(C)OC1CCN(C(=O)O)C1. The fourth-order valence-corrected chi connectivity index (χ4v) is 1.50. The molecule has 0 radical (unpaired) electrons. The van der Waals surface area contributed by atoms with E-state index in [9.17, 15) is 4.79 Å². The molecule has 0 spiro atoms. The number of likely N-dealkylation sites (tertiary alicyclic amines) is 1. The summed E-state index contributed by atoms with van der Waals surface area (Å²) in [5, 5.41) is 8.70. The summed E-state index contributed by atoms with van der Waals surface area (Å²) < 4.78 is 5.67. The third kappa shape index (κ3) is 3.22. The van der Waals surface area contributed by atoms with Gasteiger partial charge < -0.3 is 14.7 Å². The molecule has 0 aromatic carbocycles. The van der Waals surface area contributed by atoms with Crippen LogP contribution in [0.15, 0.2) is 0 Å². The zero-order chi connectivity index (χ0) is 10.1. The van der Waals surface area contributed by atoms with E-state index in [1.807, 2.05) is 20.8 Å². The van der Waals surface area contributed by atoms with Crippen LogP contribution < -0.4 is 0 Å². The zero-order valence-electron chi connectivity index (χ0n) is 8.41. The van der Waals surface area contributed by atoms with Crippen molar-refractivity contribution in [1.29, 1.82) is 0 Å². The summed E-state index contributed by atoms with van der Waals surface area (Å²) in [5.74, 6) is 0. The summed E-state index contributed by atoms with van der Waals surface area (Å²) in [6, 6.07) is 0. The van der Waals surface area contributed by atoms with Gasteiger partial charge in [0.1, 0.15) is 0 Å². The highest BCUT2D eigenvalue weighted by Crippen LogP contribution is 2.19. The number of carbonyl (C=O) groups is 1. The minimum absolute atomic E-state index is 0.0658. The summed E-state index contributed by atoms with van der Waals surface area (Å²) in [6.07, 6.45) is 0.0277. The van der Waals surface area contributed by atoms with Gasteiger partial charge in [0.25, 0.3) is 0 Å². The quantitative estimate of drug-likeness (QED) is 0.677. The van der Waals surface area contributed by atoms with Crippen LogP contribution in [0.3, 0.4) is 0 Å². The van der Waals surface area contributed by atoms with E-state index >= 15 is 0 Å². The van der Waals surface area contributed by atoms with Crippen LogP contribution in [0.1, 0.15) is 27.2 Å². The molecule has 0 bridgehead atoms. The van der Waals surface area contributed by atoms with Crippen molar-refractivity contribution in [2.45, 2.75) is 38.9 Å². The molecular weight excluding hydrogens is 170 g/mol. The average molecular weight is 187 g/mol. The van der Waals surface area contributed by atoms with Gasteiger partial charge in [-0.25, -0.2) is 4.79 Å². The van der Waals surface area contributed by atoms with Crippen molar-refractivity contribution in [3.63, 3.8) is 0 Å². The maximum Gasteiger partial charge on any atom is 0.407 e. The molecule has 4 nitrogen and oxygen atoms in total. The molecule has 1 rings (SSSR count). The van der Waals surface area contributed by atoms with Gasteiger partial charge in [-0.05, 0) is 27.2 Å². The Morgan fingerprint density at radius 3 is 2.54 bits per heavy atom. The molecule has 1 aliphatic rings. The van der Waals surface area contributed by atoms with Crippen LogP contribution in [-0.2, 0) is 4.74 Å². The number of ether oxygens (including phenoxy) is 1. The molecule has 1 amide bonds. The molecule has 1 atom stereocenters. The molecule has 1 N–H and O–H groups in total. The monoisotopic (exact) mass is 187 g/mol. The topological polar surface area (TPSA) is 49.8 Å². The highest BCUT2D eigenvalue weighted by Gasteiger charge is 2.29. The smallest absolute Gasteiger partial charge is 0.407 e. The summed E-state index contributed by atoms with van der Waals surface area (Å²) in [5.41, 5.74) is -0.181. The maximum atomic E-state index is 10.6. The van der Waals surface area contributed by atoms with Crippen LogP contribution in [0, 0.1) is 0 Å². The Kier molecular flexibility index (Phi) is 2.81. The van der Waals surface area contributed by atoms with Crippen molar-refractivity contribution in [3.05, 3.63) is 0 Å². The maximum absolute atomic E-state index is 10.6. The van der Waals surface area contributed by atoms with Gasteiger partial charge in [0.05, 0.1) is 18.2 Å². The molecule has 1 heterocycles. The van der Waals surface area contributed by atoms with E-state index in [0.717, 1.165) is 6.42 Å². The van der Waals surface area contributed by atoms with Gasteiger partial charge in [-0.3, -0.25) is 0 Å². The number of rotatable bonds is 1. The first kappa shape index (κ1) is 10.3. The van der Waals surface area contributed by atoms with E-state index in [1.165, 1.54) is 4.90 Å². The summed E-state index contributed by atoms with van der Waals surface area (Å²) in [4.78, 5) is 12.0. The normalized spacial score (nSPS) is 23.6. The first-order valence-electron chi connectivity index (χ1n) is 4.54. The predicted molar refractivity (Wildman–Crippen MR) is 48.8 cm³/mol. The Balaban J connectivity index is 2.38. The molecule has 1 fully saturated rings. The molecule has 4 heteroatoms. The van der Waals surface area contributed by atoms with Crippen molar-refractivity contribution in [3.8, 4) is 0 Å². The first-order valence-corrected chi connectivity index (χ1v) is 4.54. The lowest BCUT2D eigenvalue weighted by molar-refractivity contribution is -0.0533. The molecule has 76 valence electrons. The molecule has 0 saturated carbocycles. The number of hydrogen-bond acceptors (Lipinski definition) is 2. The van der Waals surface area contributed by atoms with E-state index in [1.54, 1.807) is 0 Å². The van der Waals surface area contributed by atoms with Crippen LogP contribution in [0.2, 0.25) is 0 Å². The Morgan fingerprint density at radius 2 is 2.15 bits per heavy atom. The lowest BCUT2D eigenvalue weighted by atomic mass is 10.2. The summed E-state index contributed by atoms with van der Waals surface area (Å²) >= 11 is 0. The lowest BCUT2D eigenvalue weighted by Crippen LogP contribution is -2.32. The number of nitrogens with zero attached hydrogens (tertiary/aromatic N) is 1. The minimum atomic E-state index is -0.847. The number of hydrogen-bond donors (Lipinski definition) is 1. The molecule has 1 unspecified atom stereocenters. The van der Waals surface area contributed by atoms with Crippen molar-refractivity contribution < 1.29 is 14.6 Å². The molecule has 1 aliphatic heterocycles. The van der Waals surface area contributed by atoms with E-state index < -0.39 is 6.09 Å². The van der Waals surface area contributed by atoms with Crippen LogP contribution in [0.5, 0.6) is 0 Å². The van der Waals surface area contributed by atoms with Crippen molar-refractivity contribution in [2.24, 2.45) is 0 Å². The Labute approximate surface area is 78.5 Å². The third-order valence-corrected chi connectivity index (χ3v) is 1.94. The van der Waals surface area contributed by atoms with Crippen LogP contribution in [0.25, 0.3) is 0 Å². The van der Waals surface area contributed by atoms with E-state index in [4.69, 9.17) is 9.84 Å². The molecule has 1 saturated heterocycles. The molecule has 0 aliphatic carbocycles. The second kappa shape index (κ2) is 3.54. The van der Waals surface area contributed by atoms with Gasteiger partial charge in [0, 0.05) is 6.54 Å². The predicted octanol–water partition coefficient (Wildman–Crippen LogP) is 1.55. The van der Waals surface area contributed by atoms with E-state index in [2.05, 4.69) is 0 Å². The fraction of sp³-hybridized carbons (Fsp3) is 0.889. The largest absolute Gasteiger partial charge is 0.465 e. The highest BCUT2D eigenvalue weighted by molar-refractivity contribution is 5.65. The Bertz CT molecular complexity index is 198. The second-order valence-corrected chi connectivity index (χ2v) is 4.37. The minimum Gasteiger partial charge on any atom is -0.465 e. The van der Waals surface area contributed by atoms with E-state index in [-0.39, 0.29) is 11.7 Å². The zero-order valence-corrected chi connectivity index (χ0v) is 8.41. The van der Waals surface area contributed by atoms with Gasteiger partial charge in [0.15, 0.2) is 0 Å². The van der Waals surface area contributed by atoms with Crippen LogP contribution in [-0.4, -0.2) is 40.9 Å². The number of carboxylic acid groups (broad SMARTS) is 1. The van der Waals surface area contributed by atoms with Gasteiger partial charge in [0.2, 0.25) is 0 Å². The summed E-state index contributed by atoms with van der Waals surface area (Å²) in [6.45, 7) is 7.05. The third-order valence-electron chi connectivity index (χ3n) is 1.94. The van der Waals surface area contributed by atoms with Gasteiger partial charge in [-0.1, -0.05) is 0 Å².